The van der Waals surface area contributed by atoms with Crippen LogP contribution in [0, 0.1) is 28.5 Å². The van der Waals surface area contributed by atoms with Crippen LogP contribution in [0.1, 0.15) is 70.0 Å². The Hall–Kier alpha value is -2.90. The van der Waals surface area contributed by atoms with Crippen LogP contribution in [0.5, 0.6) is 0 Å². The maximum atomic E-state index is 14.5. The van der Waals surface area contributed by atoms with Gasteiger partial charge < -0.3 is 5.11 Å². The molecule has 0 heterocycles. The fraction of sp³-hybridized carbons (Fsp3) is 0.333. The van der Waals surface area contributed by atoms with E-state index in [4.69, 9.17) is 0 Å². The topological polar surface area (TPSA) is 67.8 Å². The molecule has 0 amide bonds. The van der Waals surface area contributed by atoms with Crippen molar-refractivity contribution in [2.24, 2.45) is 0 Å². The van der Waals surface area contributed by atoms with Gasteiger partial charge in [-0.05, 0) is 53.3 Å². The van der Waals surface area contributed by atoms with Gasteiger partial charge in [0.25, 0.3) is 5.92 Å². The number of nitrogens with zero attached hydrogens (tertiary/aromatic N) is 2. The zero-order valence-electron chi connectivity index (χ0n) is 14.5. The molecule has 0 saturated heterocycles. The molecule has 4 rings (SSSR count). The summed E-state index contributed by atoms with van der Waals surface area (Å²) in [4.78, 5) is 0. The Morgan fingerprint density at radius 2 is 1.71 bits per heavy atom. The quantitative estimate of drug-likeness (QED) is 0.721. The SMILES string of the molecule is N#Cc1cc(F)cc2c1[C@@H](c1ccc(C#N)c3c1CC(F)(F)[C@H]3O)CC[C@@H]2F. The highest BCUT2D eigenvalue weighted by atomic mass is 19.3. The van der Waals surface area contributed by atoms with Gasteiger partial charge in [0, 0.05) is 17.9 Å². The maximum Gasteiger partial charge on any atom is 0.281 e. The standard InChI is InChI=1S/C21H14F4N2O/c22-12-5-11(9-27)18-14(3-4-17(23)15(18)6-12)13-2-1-10(8-26)19-16(13)7-21(24,25)20(19)28/h1-2,5-6,14,17,20,28H,3-4,7H2/t14-,17+,20+/m1/s1. The lowest BCUT2D eigenvalue weighted by Crippen LogP contribution is -2.22. The average Bonchev–Trinajstić information content (AvgIpc) is 2.91. The minimum atomic E-state index is -3.43. The van der Waals surface area contributed by atoms with E-state index in [1.807, 2.05) is 12.1 Å². The van der Waals surface area contributed by atoms with Gasteiger partial charge in [0.2, 0.25) is 0 Å². The van der Waals surface area contributed by atoms with Crippen LogP contribution in [0.3, 0.4) is 0 Å². The second-order valence-electron chi connectivity index (χ2n) is 7.21. The molecule has 2 aliphatic rings. The third kappa shape index (κ3) is 2.58. The van der Waals surface area contributed by atoms with E-state index in [1.165, 1.54) is 12.1 Å². The lowest BCUT2D eigenvalue weighted by atomic mass is 9.74. The molecule has 0 radical (unpaired) electrons. The minimum Gasteiger partial charge on any atom is -0.382 e. The predicted octanol–water partition coefficient (Wildman–Crippen LogP) is 4.73. The fourth-order valence-electron chi connectivity index (χ4n) is 4.46. The number of rotatable bonds is 1. The Morgan fingerprint density at radius 1 is 1.00 bits per heavy atom. The highest BCUT2D eigenvalue weighted by Gasteiger charge is 2.49. The van der Waals surface area contributed by atoms with Crippen LogP contribution in [-0.2, 0) is 6.42 Å². The maximum absolute atomic E-state index is 14.5. The molecule has 3 atom stereocenters. The molecule has 1 N–H and O–H groups in total. The van der Waals surface area contributed by atoms with Gasteiger partial charge in [-0.15, -0.1) is 0 Å². The Kier molecular flexibility index (Phi) is 4.17. The summed E-state index contributed by atoms with van der Waals surface area (Å²) >= 11 is 0. The van der Waals surface area contributed by atoms with E-state index in [-0.39, 0.29) is 40.7 Å². The lowest BCUT2D eigenvalue weighted by molar-refractivity contribution is -0.0969. The molecule has 3 nitrogen and oxygen atoms in total. The van der Waals surface area contributed by atoms with Gasteiger partial charge in [-0.2, -0.15) is 10.5 Å². The number of alkyl halides is 3. The Labute approximate surface area is 158 Å². The number of hydrogen-bond acceptors (Lipinski definition) is 3. The van der Waals surface area contributed by atoms with E-state index >= 15 is 0 Å². The summed E-state index contributed by atoms with van der Waals surface area (Å²) < 4.78 is 56.7. The molecular formula is C21H14F4N2O. The predicted molar refractivity (Wildman–Crippen MR) is 90.8 cm³/mol. The Balaban J connectivity index is 1.96. The van der Waals surface area contributed by atoms with E-state index < -0.39 is 36.4 Å². The third-order valence-corrected chi connectivity index (χ3v) is 5.67. The highest BCUT2D eigenvalue weighted by molar-refractivity contribution is 5.58. The first kappa shape index (κ1) is 18.5. The normalized spacial score (nSPS) is 24.8. The molecule has 0 aliphatic heterocycles. The van der Waals surface area contributed by atoms with Crippen molar-refractivity contribution in [2.75, 3.05) is 0 Å². The number of aliphatic hydroxyl groups excluding tert-OH is 1. The average molecular weight is 386 g/mol. The summed E-state index contributed by atoms with van der Waals surface area (Å²) in [6, 6.07) is 8.63. The summed E-state index contributed by atoms with van der Waals surface area (Å²) in [5.41, 5.74) is 0.720. The van der Waals surface area contributed by atoms with Crippen molar-refractivity contribution in [3.63, 3.8) is 0 Å². The summed E-state index contributed by atoms with van der Waals surface area (Å²) in [6.07, 6.45) is -4.00. The fourth-order valence-corrected chi connectivity index (χ4v) is 4.46. The number of fused-ring (bicyclic) bond motifs is 2. The second kappa shape index (κ2) is 6.32. The van der Waals surface area contributed by atoms with Crippen LogP contribution in [0.4, 0.5) is 17.6 Å². The van der Waals surface area contributed by atoms with Crippen LogP contribution in [0.15, 0.2) is 24.3 Å². The first-order valence-corrected chi connectivity index (χ1v) is 8.77. The largest absolute Gasteiger partial charge is 0.382 e. The Morgan fingerprint density at radius 3 is 2.39 bits per heavy atom. The van der Waals surface area contributed by atoms with Crippen LogP contribution in [-0.4, -0.2) is 11.0 Å². The van der Waals surface area contributed by atoms with Crippen LogP contribution in [0.2, 0.25) is 0 Å². The van der Waals surface area contributed by atoms with Crippen molar-refractivity contribution in [3.8, 4) is 12.1 Å². The minimum absolute atomic E-state index is 0.0363. The summed E-state index contributed by atoms with van der Waals surface area (Å²) in [6.45, 7) is 0. The molecule has 28 heavy (non-hydrogen) atoms. The van der Waals surface area contributed by atoms with Gasteiger partial charge in [-0.1, -0.05) is 6.07 Å². The van der Waals surface area contributed by atoms with Gasteiger partial charge >= 0.3 is 0 Å². The summed E-state index contributed by atoms with van der Waals surface area (Å²) in [5, 5.41) is 28.7. The molecule has 0 bridgehead atoms. The van der Waals surface area contributed by atoms with Crippen LogP contribution < -0.4 is 0 Å². The zero-order valence-corrected chi connectivity index (χ0v) is 14.5. The third-order valence-electron chi connectivity index (χ3n) is 5.67. The molecule has 2 aliphatic carbocycles. The van der Waals surface area contributed by atoms with E-state index in [2.05, 4.69) is 0 Å². The van der Waals surface area contributed by atoms with Crippen molar-refractivity contribution in [1.29, 1.82) is 10.5 Å². The van der Waals surface area contributed by atoms with Crippen molar-refractivity contribution in [2.45, 2.75) is 43.4 Å². The number of hydrogen-bond donors (Lipinski definition) is 1. The van der Waals surface area contributed by atoms with E-state index in [0.717, 1.165) is 12.1 Å². The second-order valence-corrected chi connectivity index (χ2v) is 7.21. The number of aliphatic hydroxyl groups is 1. The first-order valence-electron chi connectivity index (χ1n) is 8.77. The van der Waals surface area contributed by atoms with Gasteiger partial charge in [0.15, 0.2) is 0 Å². The molecule has 2 aromatic rings. The van der Waals surface area contributed by atoms with Crippen molar-refractivity contribution in [1.82, 2.24) is 0 Å². The van der Waals surface area contributed by atoms with E-state index in [1.54, 1.807) is 0 Å². The van der Waals surface area contributed by atoms with Gasteiger partial charge in [0.05, 0.1) is 23.3 Å². The number of halogens is 4. The molecule has 0 fully saturated rings. The smallest absolute Gasteiger partial charge is 0.281 e. The molecular weight excluding hydrogens is 372 g/mol. The molecule has 0 saturated carbocycles. The first-order chi connectivity index (χ1) is 13.3. The van der Waals surface area contributed by atoms with Crippen LogP contribution >= 0.6 is 0 Å². The highest BCUT2D eigenvalue weighted by Crippen LogP contribution is 2.51. The van der Waals surface area contributed by atoms with E-state index in [9.17, 15) is 33.2 Å². The monoisotopic (exact) mass is 386 g/mol. The summed E-state index contributed by atoms with van der Waals surface area (Å²) in [5.74, 6) is -4.75. The van der Waals surface area contributed by atoms with Gasteiger partial charge in [0.1, 0.15) is 18.1 Å². The molecule has 7 heteroatoms. The van der Waals surface area contributed by atoms with E-state index in [0.29, 0.717) is 11.1 Å². The molecule has 142 valence electrons. The van der Waals surface area contributed by atoms with Crippen molar-refractivity contribution >= 4 is 0 Å². The summed E-state index contributed by atoms with van der Waals surface area (Å²) in [7, 11) is 0. The molecule has 0 aromatic heterocycles. The zero-order chi connectivity index (χ0) is 20.2. The molecule has 0 spiro atoms. The van der Waals surface area contributed by atoms with Crippen molar-refractivity contribution < 1.29 is 22.7 Å². The molecule has 2 aromatic carbocycles. The Bertz CT molecular complexity index is 1070. The van der Waals surface area contributed by atoms with Gasteiger partial charge in [-0.3, -0.25) is 0 Å². The van der Waals surface area contributed by atoms with Crippen LogP contribution in [0.25, 0.3) is 0 Å². The lowest BCUT2D eigenvalue weighted by Gasteiger charge is -2.30. The van der Waals surface area contributed by atoms with Crippen molar-refractivity contribution in [3.05, 3.63) is 69.0 Å². The number of benzene rings is 2. The molecule has 0 unspecified atom stereocenters. The van der Waals surface area contributed by atoms with Gasteiger partial charge in [-0.25, -0.2) is 17.6 Å². The number of nitriles is 2.